The van der Waals surface area contributed by atoms with Crippen LogP contribution in [0.25, 0.3) is 0 Å². The molecule has 1 spiro atoms. The van der Waals surface area contributed by atoms with Crippen molar-refractivity contribution >= 4 is 5.97 Å². The van der Waals surface area contributed by atoms with Crippen molar-refractivity contribution in [3.8, 4) is 0 Å². The van der Waals surface area contributed by atoms with Crippen molar-refractivity contribution in [3.63, 3.8) is 0 Å². The Kier molecular flexibility index (Phi) is 1.45. The van der Waals surface area contributed by atoms with Gasteiger partial charge in [-0.25, -0.2) is 0 Å². The van der Waals surface area contributed by atoms with Crippen LogP contribution in [0.1, 0.15) is 32.1 Å². The van der Waals surface area contributed by atoms with E-state index in [1.54, 1.807) is 0 Å². The maximum absolute atomic E-state index is 10.8. The van der Waals surface area contributed by atoms with Crippen LogP contribution in [0, 0.1) is 22.7 Å². The first kappa shape index (κ1) is 8.72. The molecule has 3 saturated carbocycles. The highest BCUT2D eigenvalue weighted by Crippen LogP contribution is 2.80. The highest BCUT2D eigenvalue weighted by atomic mass is 16.4. The third-order valence-corrected chi connectivity index (χ3v) is 5.00. The first-order valence-corrected chi connectivity index (χ1v) is 5.52. The second kappa shape index (κ2) is 2.32. The number of carboxylic acids is 1. The van der Waals surface area contributed by atoms with E-state index in [2.05, 4.69) is 0 Å². The fourth-order valence-corrected chi connectivity index (χ4v) is 4.26. The lowest BCUT2D eigenvalue weighted by atomic mass is 9.76. The minimum Gasteiger partial charge on any atom is -0.481 e. The summed E-state index contributed by atoms with van der Waals surface area (Å²) in [5.74, 6) is 1.08. The molecule has 2 unspecified atom stereocenters. The molecule has 3 aliphatic rings. The Balaban J connectivity index is 1.79. The van der Waals surface area contributed by atoms with Gasteiger partial charge in [-0.05, 0) is 54.9 Å². The van der Waals surface area contributed by atoms with Crippen molar-refractivity contribution in [1.29, 1.82) is 0 Å². The number of hydrogen-bond donors (Lipinski definition) is 2. The van der Waals surface area contributed by atoms with Gasteiger partial charge in [-0.15, -0.1) is 0 Å². The molecule has 3 fully saturated rings. The van der Waals surface area contributed by atoms with E-state index in [4.69, 9.17) is 10.8 Å². The van der Waals surface area contributed by atoms with Gasteiger partial charge in [-0.1, -0.05) is 0 Å². The summed E-state index contributed by atoms with van der Waals surface area (Å²) in [6.45, 7) is 0.560. The molecule has 4 atom stereocenters. The molecule has 0 heterocycles. The van der Waals surface area contributed by atoms with Crippen LogP contribution in [-0.2, 0) is 4.79 Å². The van der Waals surface area contributed by atoms with Crippen LogP contribution in [0.2, 0.25) is 0 Å². The number of rotatable bonds is 3. The van der Waals surface area contributed by atoms with Gasteiger partial charge >= 0.3 is 5.97 Å². The summed E-state index contributed by atoms with van der Waals surface area (Å²) in [5.41, 5.74) is 6.31. The van der Waals surface area contributed by atoms with Crippen molar-refractivity contribution < 1.29 is 9.90 Å². The first-order chi connectivity index (χ1) is 6.60. The third-order valence-electron chi connectivity index (χ3n) is 5.00. The standard InChI is InChI=1S/C11H17NO2/c12-6-10(4-9(13)14)2-7-1-8-3-11(7,8)5-10/h7-8H,1-6,12H2,(H,13,14)/t7-,8?,10-,11?/m0/s1. The van der Waals surface area contributed by atoms with Crippen molar-refractivity contribution in [1.82, 2.24) is 0 Å². The minimum absolute atomic E-state index is 0.0538. The minimum atomic E-state index is -0.676. The van der Waals surface area contributed by atoms with Gasteiger partial charge in [0.05, 0.1) is 6.42 Å². The van der Waals surface area contributed by atoms with E-state index in [9.17, 15) is 4.79 Å². The Labute approximate surface area is 83.7 Å². The molecule has 3 nitrogen and oxygen atoms in total. The monoisotopic (exact) mass is 195 g/mol. The SMILES string of the molecule is NC[C@]1(CC(=O)O)C[C@@H]2CC3CC32C1. The zero-order chi connectivity index (χ0) is 9.97. The molecule has 14 heavy (non-hydrogen) atoms. The summed E-state index contributed by atoms with van der Waals surface area (Å²) >= 11 is 0. The van der Waals surface area contributed by atoms with Crippen molar-refractivity contribution in [2.45, 2.75) is 32.1 Å². The summed E-state index contributed by atoms with van der Waals surface area (Å²) in [6.07, 6.45) is 5.17. The predicted octanol–water partition coefficient (Wildman–Crippen LogP) is 1.23. The summed E-state index contributed by atoms with van der Waals surface area (Å²) < 4.78 is 0. The Morgan fingerprint density at radius 2 is 2.14 bits per heavy atom. The van der Waals surface area contributed by atoms with Crippen LogP contribution in [0.4, 0.5) is 0 Å². The van der Waals surface area contributed by atoms with E-state index in [-0.39, 0.29) is 11.8 Å². The van der Waals surface area contributed by atoms with Crippen molar-refractivity contribution in [2.75, 3.05) is 6.54 Å². The summed E-state index contributed by atoms with van der Waals surface area (Å²) in [7, 11) is 0. The van der Waals surface area contributed by atoms with Crippen LogP contribution in [0.5, 0.6) is 0 Å². The van der Waals surface area contributed by atoms with E-state index in [1.807, 2.05) is 0 Å². The van der Waals surface area contributed by atoms with Gasteiger partial charge in [0, 0.05) is 0 Å². The van der Waals surface area contributed by atoms with E-state index in [0.717, 1.165) is 24.7 Å². The molecular weight excluding hydrogens is 178 g/mol. The van der Waals surface area contributed by atoms with Gasteiger partial charge in [-0.3, -0.25) is 4.79 Å². The molecule has 0 amide bonds. The fraction of sp³-hybridized carbons (Fsp3) is 0.909. The number of carboxylic acid groups (broad SMARTS) is 1. The lowest BCUT2D eigenvalue weighted by Crippen LogP contribution is -2.30. The van der Waals surface area contributed by atoms with Gasteiger partial charge in [0.15, 0.2) is 0 Å². The largest absolute Gasteiger partial charge is 0.481 e. The highest BCUT2D eigenvalue weighted by Gasteiger charge is 2.73. The van der Waals surface area contributed by atoms with Crippen molar-refractivity contribution in [3.05, 3.63) is 0 Å². The third kappa shape index (κ3) is 0.888. The molecule has 3 N–H and O–H groups in total. The van der Waals surface area contributed by atoms with Crippen LogP contribution in [0.3, 0.4) is 0 Å². The Morgan fingerprint density at radius 1 is 1.43 bits per heavy atom. The summed E-state index contributed by atoms with van der Waals surface area (Å²) in [4.78, 5) is 10.8. The molecule has 0 bridgehead atoms. The molecule has 3 heteroatoms. The van der Waals surface area contributed by atoms with Gasteiger partial charge in [-0.2, -0.15) is 0 Å². The van der Waals surface area contributed by atoms with Crippen LogP contribution in [0.15, 0.2) is 0 Å². The smallest absolute Gasteiger partial charge is 0.303 e. The molecule has 0 aromatic heterocycles. The van der Waals surface area contributed by atoms with Crippen LogP contribution < -0.4 is 5.73 Å². The van der Waals surface area contributed by atoms with Crippen LogP contribution in [-0.4, -0.2) is 17.6 Å². The fourth-order valence-electron chi connectivity index (χ4n) is 4.26. The van der Waals surface area contributed by atoms with Crippen molar-refractivity contribution in [2.24, 2.45) is 28.4 Å². The maximum atomic E-state index is 10.8. The molecule has 0 aromatic carbocycles. The van der Waals surface area contributed by atoms with Gasteiger partial charge < -0.3 is 10.8 Å². The van der Waals surface area contributed by atoms with E-state index >= 15 is 0 Å². The molecular formula is C11H17NO2. The lowest BCUT2D eigenvalue weighted by Gasteiger charge is -2.29. The number of hydrogen-bond acceptors (Lipinski definition) is 2. The topological polar surface area (TPSA) is 63.3 Å². The Hall–Kier alpha value is -0.570. The molecule has 0 radical (unpaired) electrons. The van der Waals surface area contributed by atoms with Gasteiger partial charge in [0.1, 0.15) is 0 Å². The quantitative estimate of drug-likeness (QED) is 0.711. The zero-order valence-electron chi connectivity index (χ0n) is 8.33. The Morgan fingerprint density at radius 3 is 2.57 bits per heavy atom. The molecule has 0 aromatic rings. The average Bonchev–Trinajstić information content (AvgIpc) is 2.54. The van der Waals surface area contributed by atoms with Gasteiger partial charge in [0.25, 0.3) is 0 Å². The van der Waals surface area contributed by atoms with E-state index in [0.29, 0.717) is 12.0 Å². The Bertz CT molecular complexity index is 302. The normalized spacial score (nSPS) is 53.2. The number of aliphatic carboxylic acids is 1. The lowest BCUT2D eigenvalue weighted by molar-refractivity contribution is -0.139. The average molecular weight is 195 g/mol. The summed E-state index contributed by atoms with van der Waals surface area (Å²) in [6, 6.07) is 0. The second-order valence-electron chi connectivity index (χ2n) is 5.72. The molecule has 78 valence electrons. The number of carbonyl (C=O) groups is 1. The predicted molar refractivity (Wildman–Crippen MR) is 51.6 cm³/mol. The van der Waals surface area contributed by atoms with Gasteiger partial charge in [0.2, 0.25) is 0 Å². The molecule has 0 saturated heterocycles. The molecule has 0 aliphatic heterocycles. The summed E-state index contributed by atoms with van der Waals surface area (Å²) in [5, 5.41) is 8.91. The molecule has 3 aliphatic carbocycles. The van der Waals surface area contributed by atoms with E-state index < -0.39 is 5.97 Å². The van der Waals surface area contributed by atoms with Crippen LogP contribution >= 0.6 is 0 Å². The molecule has 3 rings (SSSR count). The highest BCUT2D eigenvalue weighted by molar-refractivity contribution is 5.68. The maximum Gasteiger partial charge on any atom is 0.303 e. The first-order valence-electron chi connectivity index (χ1n) is 5.52. The van der Waals surface area contributed by atoms with E-state index in [1.165, 1.54) is 12.8 Å². The second-order valence-corrected chi connectivity index (χ2v) is 5.72. The number of nitrogens with two attached hydrogens (primary N) is 1. The zero-order valence-corrected chi connectivity index (χ0v) is 8.33.